The quantitative estimate of drug-likeness (QED) is 0.300. The first-order valence-electron chi connectivity index (χ1n) is 12.4. The average molecular weight is 498 g/mol. The number of nitrogen functional groups attached to an aromatic ring is 1. The third kappa shape index (κ3) is 5.06. The van der Waals surface area contributed by atoms with E-state index in [0.29, 0.717) is 28.2 Å². The number of hydrogen-bond acceptors (Lipinski definition) is 6. The SMILES string of the molecule is CC(C)(C)C(=O)c1ccc(-n2ncc3cc(NC(=O)c4ccc(N5CCOCC5)cc4)ccc32)c(N)c1. The zero-order chi connectivity index (χ0) is 26.2. The molecule has 0 spiro atoms. The number of morpholine rings is 1. The van der Waals surface area contributed by atoms with Gasteiger partial charge in [0.2, 0.25) is 0 Å². The minimum absolute atomic E-state index is 0.0344. The molecular weight excluding hydrogens is 466 g/mol. The molecule has 0 aliphatic carbocycles. The fraction of sp³-hybridized carbons (Fsp3) is 0.276. The van der Waals surface area contributed by atoms with E-state index in [-0.39, 0.29) is 11.7 Å². The molecule has 5 rings (SSSR count). The third-order valence-electron chi connectivity index (χ3n) is 6.53. The van der Waals surface area contributed by atoms with E-state index in [0.717, 1.165) is 42.9 Å². The van der Waals surface area contributed by atoms with Crippen molar-refractivity contribution in [2.24, 2.45) is 5.41 Å². The van der Waals surface area contributed by atoms with Gasteiger partial charge >= 0.3 is 0 Å². The number of amides is 1. The molecule has 37 heavy (non-hydrogen) atoms. The number of anilines is 3. The Labute approximate surface area is 216 Å². The highest BCUT2D eigenvalue weighted by atomic mass is 16.5. The molecule has 8 nitrogen and oxygen atoms in total. The molecule has 3 N–H and O–H groups in total. The van der Waals surface area contributed by atoms with E-state index in [1.807, 2.05) is 69.3 Å². The topological polar surface area (TPSA) is 102 Å². The van der Waals surface area contributed by atoms with Crippen LogP contribution in [-0.4, -0.2) is 47.8 Å². The minimum Gasteiger partial charge on any atom is -0.397 e. The van der Waals surface area contributed by atoms with Crippen LogP contribution in [0.25, 0.3) is 16.6 Å². The Bertz CT molecular complexity index is 1460. The van der Waals surface area contributed by atoms with E-state index >= 15 is 0 Å². The summed E-state index contributed by atoms with van der Waals surface area (Å²) >= 11 is 0. The van der Waals surface area contributed by atoms with Gasteiger partial charge in [-0.1, -0.05) is 20.8 Å². The van der Waals surface area contributed by atoms with Crippen molar-refractivity contribution in [1.29, 1.82) is 0 Å². The first-order valence-corrected chi connectivity index (χ1v) is 12.4. The summed E-state index contributed by atoms with van der Waals surface area (Å²) in [7, 11) is 0. The van der Waals surface area contributed by atoms with Gasteiger partial charge < -0.3 is 20.7 Å². The number of fused-ring (bicyclic) bond motifs is 1. The van der Waals surface area contributed by atoms with E-state index in [2.05, 4.69) is 15.3 Å². The number of benzene rings is 3. The van der Waals surface area contributed by atoms with Crippen LogP contribution in [0, 0.1) is 5.41 Å². The molecule has 190 valence electrons. The Morgan fingerprint density at radius 3 is 2.32 bits per heavy atom. The molecule has 1 aliphatic heterocycles. The number of ketones is 1. The Morgan fingerprint density at radius 2 is 1.65 bits per heavy atom. The number of carbonyl (C=O) groups excluding carboxylic acids is 2. The molecule has 1 aliphatic rings. The molecule has 0 atom stereocenters. The standard InChI is InChI=1S/C29H31N5O3/c1-29(2,3)27(35)20-6-10-26(24(30)17-20)34-25-11-7-22(16-21(25)18-31-34)32-28(36)19-4-8-23(9-5-19)33-12-14-37-15-13-33/h4-11,16-18H,12-15,30H2,1-3H3,(H,32,36). The van der Waals surface area contributed by atoms with Gasteiger partial charge in [-0.15, -0.1) is 0 Å². The number of nitrogens with zero attached hydrogens (tertiary/aromatic N) is 3. The van der Waals surface area contributed by atoms with Gasteiger partial charge in [0.05, 0.1) is 36.3 Å². The number of nitrogens with two attached hydrogens (primary N) is 1. The highest BCUT2D eigenvalue weighted by Gasteiger charge is 2.23. The molecule has 0 saturated carbocycles. The van der Waals surface area contributed by atoms with Crippen LogP contribution in [0.2, 0.25) is 0 Å². The zero-order valence-corrected chi connectivity index (χ0v) is 21.3. The summed E-state index contributed by atoms with van der Waals surface area (Å²) in [5.41, 5.74) is 10.8. The third-order valence-corrected chi connectivity index (χ3v) is 6.53. The summed E-state index contributed by atoms with van der Waals surface area (Å²) in [6.45, 7) is 8.80. The lowest BCUT2D eigenvalue weighted by Crippen LogP contribution is -2.36. The molecule has 4 aromatic rings. The molecule has 1 amide bonds. The average Bonchev–Trinajstić information content (AvgIpc) is 3.31. The van der Waals surface area contributed by atoms with E-state index < -0.39 is 5.41 Å². The van der Waals surface area contributed by atoms with E-state index in [4.69, 9.17) is 10.5 Å². The summed E-state index contributed by atoms with van der Waals surface area (Å²) in [4.78, 5) is 27.7. The number of aromatic nitrogens is 2. The Hall–Kier alpha value is -4.17. The predicted octanol–water partition coefficient (Wildman–Crippen LogP) is 4.93. The second-order valence-electron chi connectivity index (χ2n) is 10.3. The molecule has 1 aromatic heterocycles. The van der Waals surface area contributed by atoms with Crippen molar-refractivity contribution >= 4 is 39.7 Å². The van der Waals surface area contributed by atoms with Crippen molar-refractivity contribution in [3.8, 4) is 5.69 Å². The maximum atomic E-state index is 12.9. The summed E-state index contributed by atoms with van der Waals surface area (Å²) in [6, 6.07) is 18.5. The zero-order valence-electron chi connectivity index (χ0n) is 21.3. The lowest BCUT2D eigenvalue weighted by molar-refractivity contribution is 0.0858. The van der Waals surface area contributed by atoms with Crippen molar-refractivity contribution < 1.29 is 14.3 Å². The number of rotatable bonds is 5. The van der Waals surface area contributed by atoms with E-state index in [1.165, 1.54) is 0 Å². The van der Waals surface area contributed by atoms with Crippen molar-refractivity contribution in [3.05, 3.63) is 78.0 Å². The highest BCUT2D eigenvalue weighted by molar-refractivity contribution is 6.05. The van der Waals surface area contributed by atoms with Crippen molar-refractivity contribution in [3.63, 3.8) is 0 Å². The van der Waals surface area contributed by atoms with Crippen LogP contribution in [-0.2, 0) is 4.74 Å². The largest absolute Gasteiger partial charge is 0.397 e. The molecule has 3 aromatic carbocycles. The number of ether oxygens (including phenoxy) is 1. The van der Waals surface area contributed by atoms with Gasteiger partial charge in [0.25, 0.3) is 5.91 Å². The van der Waals surface area contributed by atoms with Crippen LogP contribution < -0.4 is 16.0 Å². The van der Waals surface area contributed by atoms with E-state index in [1.54, 1.807) is 23.0 Å². The van der Waals surface area contributed by atoms with Crippen LogP contribution in [0.15, 0.2) is 66.9 Å². The lowest BCUT2D eigenvalue weighted by atomic mass is 9.86. The van der Waals surface area contributed by atoms with Crippen molar-refractivity contribution in [1.82, 2.24) is 9.78 Å². The second-order valence-corrected chi connectivity index (χ2v) is 10.3. The second kappa shape index (κ2) is 9.71. The van der Waals surface area contributed by atoms with Gasteiger partial charge in [0, 0.05) is 46.4 Å². The maximum absolute atomic E-state index is 12.9. The normalized spacial score (nSPS) is 14.1. The van der Waals surface area contributed by atoms with Gasteiger partial charge in [-0.2, -0.15) is 5.10 Å². The van der Waals surface area contributed by atoms with Crippen LogP contribution in [0.4, 0.5) is 17.1 Å². The Kier molecular flexibility index (Phi) is 6.43. The lowest BCUT2D eigenvalue weighted by Gasteiger charge is -2.28. The van der Waals surface area contributed by atoms with Gasteiger partial charge in [0.15, 0.2) is 5.78 Å². The molecular formula is C29H31N5O3. The first kappa shape index (κ1) is 24.5. The summed E-state index contributed by atoms with van der Waals surface area (Å²) < 4.78 is 7.15. The molecule has 2 heterocycles. The number of carbonyl (C=O) groups is 2. The molecule has 0 radical (unpaired) electrons. The Balaban J connectivity index is 1.33. The monoisotopic (exact) mass is 497 g/mol. The van der Waals surface area contributed by atoms with Crippen molar-refractivity contribution in [2.45, 2.75) is 20.8 Å². The molecule has 1 fully saturated rings. The Morgan fingerprint density at radius 1 is 0.946 bits per heavy atom. The smallest absolute Gasteiger partial charge is 0.255 e. The fourth-order valence-electron chi connectivity index (χ4n) is 4.47. The van der Waals surface area contributed by atoms with Crippen molar-refractivity contribution in [2.75, 3.05) is 42.3 Å². The summed E-state index contributed by atoms with van der Waals surface area (Å²) in [5, 5.41) is 8.34. The molecule has 8 heteroatoms. The van der Waals surface area contributed by atoms with Crippen LogP contribution in [0.3, 0.4) is 0 Å². The van der Waals surface area contributed by atoms with Crippen LogP contribution >= 0.6 is 0 Å². The number of nitrogens with one attached hydrogen (secondary N) is 1. The molecule has 1 saturated heterocycles. The number of hydrogen-bond donors (Lipinski definition) is 2. The fourth-order valence-corrected chi connectivity index (χ4v) is 4.47. The van der Waals surface area contributed by atoms with Gasteiger partial charge in [0.1, 0.15) is 0 Å². The highest BCUT2D eigenvalue weighted by Crippen LogP contribution is 2.28. The van der Waals surface area contributed by atoms with Gasteiger partial charge in [-0.25, -0.2) is 4.68 Å². The first-order chi connectivity index (χ1) is 17.7. The number of Topliss-reactive ketones (excluding diaryl/α,β-unsaturated/α-hetero) is 1. The predicted molar refractivity (Wildman–Crippen MR) is 147 cm³/mol. The van der Waals surface area contributed by atoms with Gasteiger partial charge in [-0.3, -0.25) is 9.59 Å². The molecule has 0 bridgehead atoms. The van der Waals surface area contributed by atoms with Crippen LogP contribution in [0.5, 0.6) is 0 Å². The van der Waals surface area contributed by atoms with Crippen LogP contribution in [0.1, 0.15) is 41.5 Å². The maximum Gasteiger partial charge on any atom is 0.255 e. The minimum atomic E-state index is -0.488. The summed E-state index contributed by atoms with van der Waals surface area (Å²) in [5.74, 6) is -0.143. The van der Waals surface area contributed by atoms with E-state index in [9.17, 15) is 9.59 Å². The van der Waals surface area contributed by atoms with Gasteiger partial charge in [-0.05, 0) is 60.7 Å². The summed E-state index contributed by atoms with van der Waals surface area (Å²) in [6.07, 6.45) is 1.73. The molecule has 0 unspecified atom stereocenters.